The minimum absolute atomic E-state index is 0.0310. The molecule has 0 atom stereocenters. The molecule has 0 aliphatic rings. The second kappa shape index (κ2) is 3.89. The van der Waals surface area contributed by atoms with Gasteiger partial charge in [0.05, 0.1) is 0 Å². The second-order valence-electron chi connectivity index (χ2n) is 2.96. The molecule has 74 valence electrons. The average Bonchev–Trinajstić information content (AvgIpc) is 2.33. The molecular formula is C7H13N3O2S. The summed E-state index contributed by atoms with van der Waals surface area (Å²) in [4.78, 5) is 6.86. The zero-order valence-corrected chi connectivity index (χ0v) is 8.48. The maximum Gasteiger partial charge on any atom is 0.154 e. The molecule has 1 aromatic heterocycles. The van der Waals surface area contributed by atoms with E-state index in [0.717, 1.165) is 5.69 Å². The van der Waals surface area contributed by atoms with Gasteiger partial charge in [-0.1, -0.05) is 0 Å². The zero-order valence-electron chi connectivity index (χ0n) is 7.66. The van der Waals surface area contributed by atoms with Crippen molar-refractivity contribution < 1.29 is 8.42 Å². The first-order chi connectivity index (χ1) is 6.01. The van der Waals surface area contributed by atoms with Crippen molar-refractivity contribution >= 4 is 9.84 Å². The van der Waals surface area contributed by atoms with Gasteiger partial charge in [-0.15, -0.1) is 0 Å². The van der Waals surface area contributed by atoms with Crippen LogP contribution < -0.4 is 5.32 Å². The highest BCUT2D eigenvalue weighted by Gasteiger charge is 2.07. The molecule has 0 fully saturated rings. The SMILES string of the molecule is CNCc1cnc(CS(C)(=O)=O)[nH]1. The second-order valence-corrected chi connectivity index (χ2v) is 5.10. The van der Waals surface area contributed by atoms with Crippen LogP contribution in [-0.4, -0.2) is 31.7 Å². The van der Waals surface area contributed by atoms with E-state index in [2.05, 4.69) is 15.3 Å². The van der Waals surface area contributed by atoms with Crippen LogP contribution in [0.5, 0.6) is 0 Å². The quantitative estimate of drug-likeness (QED) is 0.703. The third-order valence-electron chi connectivity index (χ3n) is 1.45. The molecule has 1 heterocycles. The molecule has 0 aliphatic carbocycles. The van der Waals surface area contributed by atoms with Gasteiger partial charge in [0.15, 0.2) is 9.84 Å². The van der Waals surface area contributed by atoms with Crippen LogP contribution in [0.25, 0.3) is 0 Å². The number of H-pyrrole nitrogens is 1. The number of imidazole rings is 1. The fourth-order valence-electron chi connectivity index (χ4n) is 1.01. The summed E-state index contributed by atoms with van der Waals surface area (Å²) < 4.78 is 21.8. The molecule has 0 aliphatic heterocycles. The van der Waals surface area contributed by atoms with Crippen LogP contribution in [0.3, 0.4) is 0 Å². The summed E-state index contributed by atoms with van der Waals surface area (Å²) in [6.07, 6.45) is 2.82. The van der Waals surface area contributed by atoms with E-state index < -0.39 is 9.84 Å². The Kier molecular flexibility index (Phi) is 3.05. The molecule has 5 nitrogen and oxygen atoms in total. The number of hydrogen-bond donors (Lipinski definition) is 2. The molecule has 0 bridgehead atoms. The highest BCUT2D eigenvalue weighted by molar-refractivity contribution is 7.89. The van der Waals surface area contributed by atoms with E-state index in [9.17, 15) is 8.42 Å². The van der Waals surface area contributed by atoms with Crippen molar-refractivity contribution in [2.45, 2.75) is 12.3 Å². The fraction of sp³-hybridized carbons (Fsp3) is 0.571. The number of rotatable bonds is 4. The third-order valence-corrected chi connectivity index (χ3v) is 2.25. The Morgan fingerprint density at radius 3 is 2.85 bits per heavy atom. The maximum absolute atomic E-state index is 10.9. The number of aromatic amines is 1. The Hall–Kier alpha value is -0.880. The Balaban J connectivity index is 2.69. The summed E-state index contributed by atoms with van der Waals surface area (Å²) in [6, 6.07) is 0. The standard InChI is InChI=1S/C7H13N3O2S/c1-8-3-6-4-9-7(10-6)5-13(2,11)12/h4,8H,3,5H2,1-2H3,(H,9,10). The lowest BCUT2D eigenvalue weighted by Gasteiger charge is -1.94. The third kappa shape index (κ3) is 3.56. The molecule has 0 aromatic carbocycles. The molecular weight excluding hydrogens is 190 g/mol. The maximum atomic E-state index is 10.9. The molecule has 0 spiro atoms. The molecule has 1 rings (SSSR count). The predicted molar refractivity (Wildman–Crippen MR) is 49.9 cm³/mol. The predicted octanol–water partition coefficient (Wildman–Crippen LogP) is -0.326. The van der Waals surface area contributed by atoms with Gasteiger partial charge in [0.25, 0.3) is 0 Å². The molecule has 2 N–H and O–H groups in total. The first-order valence-electron chi connectivity index (χ1n) is 3.86. The number of nitrogens with zero attached hydrogens (tertiary/aromatic N) is 1. The van der Waals surface area contributed by atoms with Gasteiger partial charge < -0.3 is 10.3 Å². The van der Waals surface area contributed by atoms with Gasteiger partial charge in [-0.2, -0.15) is 0 Å². The fourth-order valence-corrected chi connectivity index (χ4v) is 1.65. The van der Waals surface area contributed by atoms with Gasteiger partial charge in [-0.3, -0.25) is 0 Å². The summed E-state index contributed by atoms with van der Waals surface area (Å²) in [7, 11) is -1.18. The number of aromatic nitrogens is 2. The van der Waals surface area contributed by atoms with Gasteiger partial charge in [-0.25, -0.2) is 13.4 Å². The molecule has 0 radical (unpaired) electrons. The van der Waals surface area contributed by atoms with E-state index in [1.807, 2.05) is 7.05 Å². The van der Waals surface area contributed by atoms with Gasteiger partial charge in [0.1, 0.15) is 11.6 Å². The average molecular weight is 203 g/mol. The van der Waals surface area contributed by atoms with Gasteiger partial charge >= 0.3 is 0 Å². The molecule has 0 unspecified atom stereocenters. The largest absolute Gasteiger partial charge is 0.344 e. The highest BCUT2D eigenvalue weighted by Crippen LogP contribution is 2.00. The van der Waals surface area contributed by atoms with Gasteiger partial charge in [-0.05, 0) is 7.05 Å². The Morgan fingerprint density at radius 2 is 2.31 bits per heavy atom. The van der Waals surface area contributed by atoms with E-state index in [0.29, 0.717) is 12.4 Å². The van der Waals surface area contributed by atoms with Crippen molar-refractivity contribution in [1.29, 1.82) is 0 Å². The lowest BCUT2D eigenvalue weighted by molar-refractivity contribution is 0.600. The van der Waals surface area contributed by atoms with Crippen LogP contribution in [0.2, 0.25) is 0 Å². The van der Waals surface area contributed by atoms with E-state index >= 15 is 0 Å². The molecule has 1 aromatic rings. The lowest BCUT2D eigenvalue weighted by Crippen LogP contribution is -2.06. The smallest absolute Gasteiger partial charge is 0.154 e. The summed E-state index contributed by atoms with van der Waals surface area (Å²) in [6.45, 7) is 0.663. The molecule has 0 saturated carbocycles. The van der Waals surface area contributed by atoms with Crippen LogP contribution in [0.1, 0.15) is 11.5 Å². The minimum Gasteiger partial charge on any atom is -0.344 e. The first kappa shape index (κ1) is 10.2. The van der Waals surface area contributed by atoms with Crippen molar-refractivity contribution in [2.24, 2.45) is 0 Å². The van der Waals surface area contributed by atoms with Crippen molar-refractivity contribution in [2.75, 3.05) is 13.3 Å². The molecule has 13 heavy (non-hydrogen) atoms. The topological polar surface area (TPSA) is 74.8 Å². The molecule has 6 heteroatoms. The van der Waals surface area contributed by atoms with E-state index in [1.165, 1.54) is 6.26 Å². The Bertz CT molecular complexity index is 369. The van der Waals surface area contributed by atoms with Crippen LogP contribution in [0.15, 0.2) is 6.20 Å². The Morgan fingerprint density at radius 1 is 1.62 bits per heavy atom. The van der Waals surface area contributed by atoms with Crippen molar-refractivity contribution in [3.8, 4) is 0 Å². The molecule has 0 amide bonds. The summed E-state index contributed by atoms with van der Waals surface area (Å²) in [5.74, 6) is 0.462. The minimum atomic E-state index is -2.99. The zero-order chi connectivity index (χ0) is 9.90. The first-order valence-corrected chi connectivity index (χ1v) is 5.92. The van der Waals surface area contributed by atoms with E-state index in [-0.39, 0.29) is 5.75 Å². The summed E-state index contributed by atoms with van der Waals surface area (Å²) in [5, 5.41) is 2.94. The van der Waals surface area contributed by atoms with Crippen LogP contribution in [0.4, 0.5) is 0 Å². The highest BCUT2D eigenvalue weighted by atomic mass is 32.2. The van der Waals surface area contributed by atoms with E-state index in [4.69, 9.17) is 0 Å². The van der Waals surface area contributed by atoms with Crippen LogP contribution in [0, 0.1) is 0 Å². The van der Waals surface area contributed by atoms with Crippen molar-refractivity contribution in [3.05, 3.63) is 17.7 Å². The summed E-state index contributed by atoms with van der Waals surface area (Å²) in [5.41, 5.74) is 0.890. The van der Waals surface area contributed by atoms with Crippen molar-refractivity contribution in [3.63, 3.8) is 0 Å². The molecule has 0 saturated heterocycles. The van der Waals surface area contributed by atoms with Gasteiger partial charge in [0.2, 0.25) is 0 Å². The monoisotopic (exact) mass is 203 g/mol. The van der Waals surface area contributed by atoms with E-state index in [1.54, 1.807) is 6.20 Å². The van der Waals surface area contributed by atoms with Crippen molar-refractivity contribution in [1.82, 2.24) is 15.3 Å². The lowest BCUT2D eigenvalue weighted by atomic mass is 10.5. The number of nitrogens with one attached hydrogen (secondary N) is 2. The van der Waals surface area contributed by atoms with Crippen LogP contribution >= 0.6 is 0 Å². The summed E-state index contributed by atoms with van der Waals surface area (Å²) >= 11 is 0. The van der Waals surface area contributed by atoms with Crippen LogP contribution in [-0.2, 0) is 22.1 Å². The van der Waals surface area contributed by atoms with Gasteiger partial charge in [0, 0.05) is 24.7 Å². The Labute approximate surface area is 77.5 Å². The number of sulfone groups is 1. The normalized spacial score (nSPS) is 11.8. The number of hydrogen-bond acceptors (Lipinski definition) is 4.